The molecule has 0 spiro atoms. The molecule has 4 nitrogen and oxygen atoms in total. The monoisotopic (exact) mass is 374 g/mol. The Hall–Kier alpha value is -2.50. The maximum absolute atomic E-state index is 12.5. The summed E-state index contributed by atoms with van der Waals surface area (Å²) in [5.41, 5.74) is 0.963. The maximum Gasteiger partial charge on any atom is 0.339 e. The summed E-state index contributed by atoms with van der Waals surface area (Å²) in [6.07, 6.45) is 0. The van der Waals surface area contributed by atoms with Crippen molar-refractivity contribution in [3.63, 3.8) is 0 Å². The minimum atomic E-state index is -3.95. The van der Waals surface area contributed by atoms with Crippen molar-refractivity contribution in [1.29, 1.82) is 0 Å². The van der Waals surface area contributed by atoms with Gasteiger partial charge in [0, 0.05) is 5.02 Å². The fourth-order valence-electron chi connectivity index (χ4n) is 2.10. The van der Waals surface area contributed by atoms with E-state index in [0.717, 1.165) is 5.56 Å². The highest BCUT2D eigenvalue weighted by Gasteiger charge is 2.19. The van der Waals surface area contributed by atoms with Crippen LogP contribution in [0.2, 0.25) is 5.02 Å². The maximum atomic E-state index is 12.5. The highest BCUT2D eigenvalue weighted by atomic mass is 35.5. The van der Waals surface area contributed by atoms with E-state index in [2.05, 4.69) is 0 Å². The van der Waals surface area contributed by atoms with Crippen LogP contribution in [0.3, 0.4) is 0 Å². The normalized spacial score (nSPS) is 11.1. The molecule has 0 heterocycles. The summed E-state index contributed by atoms with van der Waals surface area (Å²) < 4.78 is 35.9. The van der Waals surface area contributed by atoms with E-state index in [1.54, 1.807) is 54.6 Å². The Balaban J connectivity index is 1.87. The summed E-state index contributed by atoms with van der Waals surface area (Å²) in [5, 5.41) is 0.582. The van der Waals surface area contributed by atoms with Crippen molar-refractivity contribution in [3.05, 3.63) is 83.4 Å². The molecular weight excluding hydrogens is 360 g/mol. The number of hydrogen-bond donors (Lipinski definition) is 0. The molecule has 0 aromatic heterocycles. The predicted molar refractivity (Wildman–Crippen MR) is 97.0 cm³/mol. The quantitative estimate of drug-likeness (QED) is 0.575. The molecule has 0 radical (unpaired) electrons. The summed E-state index contributed by atoms with van der Waals surface area (Å²) in [5.74, 6) is 0.923. The molecule has 0 aliphatic heterocycles. The molecule has 0 atom stereocenters. The van der Waals surface area contributed by atoms with Gasteiger partial charge in [-0.15, -0.1) is 0 Å². The van der Waals surface area contributed by atoms with E-state index in [1.807, 2.05) is 6.92 Å². The number of para-hydroxylation sites is 2. The zero-order valence-corrected chi connectivity index (χ0v) is 14.9. The third kappa shape index (κ3) is 4.32. The molecule has 0 unspecified atom stereocenters. The molecule has 25 heavy (non-hydrogen) atoms. The third-order valence-corrected chi connectivity index (χ3v) is 4.90. The van der Waals surface area contributed by atoms with Gasteiger partial charge in [0.2, 0.25) is 0 Å². The lowest BCUT2D eigenvalue weighted by Crippen LogP contribution is -2.10. The fourth-order valence-corrected chi connectivity index (χ4v) is 3.17. The second-order valence-electron chi connectivity index (χ2n) is 5.35. The van der Waals surface area contributed by atoms with Gasteiger partial charge >= 0.3 is 10.1 Å². The Bertz CT molecular complexity index is 965. The number of halogens is 1. The lowest BCUT2D eigenvalue weighted by molar-refractivity contribution is 0.435. The van der Waals surface area contributed by atoms with Crippen LogP contribution in [-0.4, -0.2) is 8.42 Å². The molecule has 0 amide bonds. The summed E-state index contributed by atoms with van der Waals surface area (Å²) in [4.78, 5) is 0.0828. The molecule has 0 bridgehead atoms. The van der Waals surface area contributed by atoms with Crippen LogP contribution in [0.1, 0.15) is 5.56 Å². The summed E-state index contributed by atoms with van der Waals surface area (Å²) in [7, 11) is -3.95. The van der Waals surface area contributed by atoms with Gasteiger partial charge in [-0.05, 0) is 55.5 Å². The van der Waals surface area contributed by atoms with Gasteiger partial charge in [0.05, 0.1) is 0 Å². The predicted octanol–water partition coefficient (Wildman–Crippen LogP) is 5.21. The second kappa shape index (κ2) is 7.17. The first-order chi connectivity index (χ1) is 11.9. The van der Waals surface area contributed by atoms with E-state index < -0.39 is 10.1 Å². The van der Waals surface area contributed by atoms with Crippen LogP contribution in [0.5, 0.6) is 17.2 Å². The molecule has 3 aromatic carbocycles. The zero-order valence-electron chi connectivity index (χ0n) is 13.3. The van der Waals surface area contributed by atoms with Gasteiger partial charge in [0.1, 0.15) is 10.6 Å². The Labute approximate surface area is 151 Å². The van der Waals surface area contributed by atoms with Crippen LogP contribution in [0.15, 0.2) is 77.7 Å². The summed E-state index contributed by atoms with van der Waals surface area (Å²) in [6.45, 7) is 1.88. The standard InChI is InChI=1S/C19H15ClO4S/c1-14-6-12-17(13-7-14)25(21,22)24-19-5-3-2-4-18(19)23-16-10-8-15(20)9-11-16/h2-13H,1H3. The largest absolute Gasteiger partial charge is 0.453 e. The van der Waals surface area contributed by atoms with Crippen LogP contribution >= 0.6 is 11.6 Å². The van der Waals surface area contributed by atoms with E-state index >= 15 is 0 Å². The van der Waals surface area contributed by atoms with Crippen LogP contribution in [0, 0.1) is 6.92 Å². The number of benzene rings is 3. The van der Waals surface area contributed by atoms with Crippen molar-refractivity contribution in [2.45, 2.75) is 11.8 Å². The summed E-state index contributed by atoms with van der Waals surface area (Å²) in [6, 6.07) is 19.8. The van der Waals surface area contributed by atoms with Crippen molar-refractivity contribution >= 4 is 21.7 Å². The Kier molecular flexibility index (Phi) is 4.97. The van der Waals surface area contributed by atoms with E-state index in [1.165, 1.54) is 18.2 Å². The van der Waals surface area contributed by atoms with Crippen molar-refractivity contribution in [2.24, 2.45) is 0 Å². The highest BCUT2D eigenvalue weighted by Crippen LogP contribution is 2.33. The molecule has 3 rings (SSSR count). The SMILES string of the molecule is Cc1ccc(S(=O)(=O)Oc2ccccc2Oc2ccc(Cl)cc2)cc1. The number of rotatable bonds is 5. The lowest BCUT2D eigenvalue weighted by atomic mass is 10.2. The van der Waals surface area contributed by atoms with Gasteiger partial charge < -0.3 is 8.92 Å². The molecule has 0 fully saturated rings. The van der Waals surface area contributed by atoms with Gasteiger partial charge in [-0.1, -0.05) is 41.4 Å². The lowest BCUT2D eigenvalue weighted by Gasteiger charge is -2.12. The second-order valence-corrected chi connectivity index (χ2v) is 7.34. The first-order valence-corrected chi connectivity index (χ1v) is 9.26. The van der Waals surface area contributed by atoms with E-state index in [-0.39, 0.29) is 10.6 Å². The van der Waals surface area contributed by atoms with Gasteiger partial charge in [0.15, 0.2) is 11.5 Å². The van der Waals surface area contributed by atoms with E-state index in [0.29, 0.717) is 16.5 Å². The highest BCUT2D eigenvalue weighted by molar-refractivity contribution is 7.87. The van der Waals surface area contributed by atoms with Crippen molar-refractivity contribution in [2.75, 3.05) is 0 Å². The molecule has 3 aromatic rings. The fraction of sp³-hybridized carbons (Fsp3) is 0.0526. The molecule has 0 aliphatic carbocycles. The van der Waals surface area contributed by atoms with Crippen LogP contribution in [-0.2, 0) is 10.1 Å². The number of ether oxygens (including phenoxy) is 1. The molecule has 128 valence electrons. The Morgan fingerprint density at radius 2 is 1.40 bits per heavy atom. The smallest absolute Gasteiger partial charge is 0.339 e. The van der Waals surface area contributed by atoms with Crippen LogP contribution < -0.4 is 8.92 Å². The number of aryl methyl sites for hydroxylation is 1. The molecular formula is C19H15ClO4S. The van der Waals surface area contributed by atoms with Crippen molar-refractivity contribution in [1.82, 2.24) is 0 Å². The molecule has 6 heteroatoms. The average Bonchev–Trinajstić information content (AvgIpc) is 2.59. The van der Waals surface area contributed by atoms with Crippen LogP contribution in [0.4, 0.5) is 0 Å². The topological polar surface area (TPSA) is 52.6 Å². The minimum Gasteiger partial charge on any atom is -0.453 e. The van der Waals surface area contributed by atoms with Gasteiger partial charge in [-0.3, -0.25) is 0 Å². The van der Waals surface area contributed by atoms with Gasteiger partial charge in [0.25, 0.3) is 0 Å². The molecule has 0 saturated carbocycles. The van der Waals surface area contributed by atoms with E-state index in [9.17, 15) is 8.42 Å². The molecule has 0 aliphatic rings. The molecule has 0 N–H and O–H groups in total. The van der Waals surface area contributed by atoms with E-state index in [4.69, 9.17) is 20.5 Å². The average molecular weight is 375 g/mol. The molecule has 0 saturated heterocycles. The first-order valence-electron chi connectivity index (χ1n) is 7.48. The Morgan fingerprint density at radius 3 is 2.04 bits per heavy atom. The summed E-state index contributed by atoms with van der Waals surface area (Å²) >= 11 is 5.85. The third-order valence-electron chi connectivity index (χ3n) is 3.40. The van der Waals surface area contributed by atoms with Gasteiger partial charge in [-0.2, -0.15) is 8.42 Å². The Morgan fingerprint density at radius 1 is 0.800 bits per heavy atom. The first kappa shape index (κ1) is 17.3. The van der Waals surface area contributed by atoms with Crippen molar-refractivity contribution in [3.8, 4) is 17.2 Å². The minimum absolute atomic E-state index is 0.0828. The van der Waals surface area contributed by atoms with Crippen LogP contribution in [0.25, 0.3) is 0 Å². The number of hydrogen-bond acceptors (Lipinski definition) is 4. The zero-order chi connectivity index (χ0) is 17.9. The van der Waals surface area contributed by atoms with Gasteiger partial charge in [-0.25, -0.2) is 0 Å². The van der Waals surface area contributed by atoms with Crippen molar-refractivity contribution < 1.29 is 17.3 Å².